The van der Waals surface area contributed by atoms with E-state index in [0.29, 0.717) is 24.5 Å². The Morgan fingerprint density at radius 3 is 2.43 bits per heavy atom. The molecule has 0 radical (unpaired) electrons. The van der Waals surface area contributed by atoms with Crippen LogP contribution in [0.25, 0.3) is 0 Å². The Hall–Kier alpha value is -1.35. The number of nitrogens with zero attached hydrogens (tertiary/aromatic N) is 2. The van der Waals surface area contributed by atoms with Crippen LogP contribution in [0.2, 0.25) is 0 Å². The van der Waals surface area contributed by atoms with E-state index in [9.17, 15) is 4.79 Å². The highest BCUT2D eigenvalue weighted by molar-refractivity contribution is 5.78. The van der Waals surface area contributed by atoms with Gasteiger partial charge in [0, 0.05) is 25.2 Å². The molecule has 1 saturated carbocycles. The number of hydrogen-bond donors (Lipinski definition) is 0. The molecule has 2 fully saturated rings. The van der Waals surface area contributed by atoms with Crippen LogP contribution in [0, 0.1) is 0 Å². The minimum Gasteiger partial charge on any atom is -0.339 e. The van der Waals surface area contributed by atoms with E-state index in [1.165, 1.54) is 30.4 Å². The van der Waals surface area contributed by atoms with Gasteiger partial charge >= 0.3 is 0 Å². The van der Waals surface area contributed by atoms with Gasteiger partial charge < -0.3 is 4.90 Å². The largest absolute Gasteiger partial charge is 0.339 e. The Labute approximate surface area is 140 Å². The highest BCUT2D eigenvalue weighted by Crippen LogP contribution is 2.29. The van der Waals surface area contributed by atoms with Crippen LogP contribution >= 0.6 is 0 Å². The van der Waals surface area contributed by atoms with Crippen LogP contribution in [0.4, 0.5) is 0 Å². The molecule has 1 aromatic carbocycles. The normalized spacial score (nSPS) is 21.7. The van der Waals surface area contributed by atoms with Gasteiger partial charge in [0.05, 0.1) is 6.54 Å². The Morgan fingerprint density at radius 1 is 1.13 bits per heavy atom. The summed E-state index contributed by atoms with van der Waals surface area (Å²) in [4.78, 5) is 17.2. The number of hydrogen-bond acceptors (Lipinski definition) is 2. The molecule has 0 N–H and O–H groups in total. The summed E-state index contributed by atoms with van der Waals surface area (Å²) in [6, 6.07) is 9.92. The van der Waals surface area contributed by atoms with Crippen LogP contribution < -0.4 is 0 Å². The SMILES string of the molecule is CCc1ccc(CN(CC(=O)N2CCCCC2C)C2CC2)cc1. The molecule has 1 aliphatic heterocycles. The van der Waals surface area contributed by atoms with Gasteiger partial charge in [-0.1, -0.05) is 31.2 Å². The zero-order chi connectivity index (χ0) is 16.2. The molecule has 1 unspecified atom stereocenters. The number of carbonyl (C=O) groups excluding carboxylic acids is 1. The standard InChI is InChI=1S/C20H30N2O/c1-3-17-7-9-18(10-8-17)14-21(19-11-12-19)15-20(23)22-13-5-4-6-16(22)2/h7-10,16,19H,3-6,11-15H2,1-2H3. The Morgan fingerprint density at radius 2 is 1.83 bits per heavy atom. The molecule has 0 aromatic heterocycles. The second-order valence-electron chi connectivity index (χ2n) is 7.24. The van der Waals surface area contributed by atoms with Crippen molar-refractivity contribution in [3.05, 3.63) is 35.4 Å². The first-order chi connectivity index (χ1) is 11.2. The van der Waals surface area contributed by atoms with Crippen molar-refractivity contribution in [1.82, 2.24) is 9.80 Å². The van der Waals surface area contributed by atoms with E-state index >= 15 is 0 Å². The fourth-order valence-electron chi connectivity index (χ4n) is 3.60. The second-order valence-corrected chi connectivity index (χ2v) is 7.24. The van der Waals surface area contributed by atoms with Crippen LogP contribution in [0.15, 0.2) is 24.3 Å². The van der Waals surface area contributed by atoms with Gasteiger partial charge in [-0.25, -0.2) is 0 Å². The lowest BCUT2D eigenvalue weighted by atomic mass is 10.0. The lowest BCUT2D eigenvalue weighted by Crippen LogP contribution is -2.47. The van der Waals surface area contributed by atoms with Gasteiger partial charge in [-0.2, -0.15) is 0 Å². The van der Waals surface area contributed by atoms with Gasteiger partial charge in [0.25, 0.3) is 0 Å². The van der Waals surface area contributed by atoms with Crippen LogP contribution in [-0.4, -0.2) is 40.9 Å². The van der Waals surface area contributed by atoms with Gasteiger partial charge in [-0.05, 0) is 56.6 Å². The molecule has 1 atom stereocenters. The number of aryl methyl sites for hydroxylation is 1. The first-order valence-corrected chi connectivity index (χ1v) is 9.28. The quantitative estimate of drug-likeness (QED) is 0.801. The summed E-state index contributed by atoms with van der Waals surface area (Å²) in [5.41, 5.74) is 2.71. The molecule has 2 aliphatic rings. The monoisotopic (exact) mass is 314 g/mol. The van der Waals surface area contributed by atoms with Crippen LogP contribution in [-0.2, 0) is 17.8 Å². The van der Waals surface area contributed by atoms with Crippen LogP contribution in [0.1, 0.15) is 57.1 Å². The molecule has 1 heterocycles. The van der Waals surface area contributed by atoms with Crippen molar-refractivity contribution in [2.75, 3.05) is 13.1 Å². The van der Waals surface area contributed by atoms with E-state index in [1.54, 1.807) is 0 Å². The summed E-state index contributed by atoms with van der Waals surface area (Å²) < 4.78 is 0. The van der Waals surface area contributed by atoms with Crippen molar-refractivity contribution in [3.8, 4) is 0 Å². The molecule has 1 aromatic rings. The number of carbonyl (C=O) groups is 1. The minimum absolute atomic E-state index is 0.328. The Balaban J connectivity index is 1.61. The van der Waals surface area contributed by atoms with E-state index in [2.05, 4.69) is 47.9 Å². The first-order valence-electron chi connectivity index (χ1n) is 9.28. The zero-order valence-corrected chi connectivity index (χ0v) is 14.6. The van der Waals surface area contributed by atoms with E-state index in [4.69, 9.17) is 0 Å². The molecule has 0 bridgehead atoms. The smallest absolute Gasteiger partial charge is 0.237 e. The predicted octanol–water partition coefficient (Wildman–Crippen LogP) is 3.61. The number of amides is 1. The fraction of sp³-hybridized carbons (Fsp3) is 0.650. The Kier molecular flexibility index (Phi) is 5.37. The number of likely N-dealkylation sites (tertiary alicyclic amines) is 1. The summed E-state index contributed by atoms with van der Waals surface area (Å²) in [7, 11) is 0. The highest BCUT2D eigenvalue weighted by atomic mass is 16.2. The van der Waals surface area contributed by atoms with Gasteiger partial charge in [0.2, 0.25) is 5.91 Å². The van der Waals surface area contributed by atoms with Crippen molar-refractivity contribution >= 4 is 5.91 Å². The average molecular weight is 314 g/mol. The summed E-state index contributed by atoms with van der Waals surface area (Å²) in [5, 5.41) is 0. The van der Waals surface area contributed by atoms with Gasteiger partial charge in [0.1, 0.15) is 0 Å². The molecule has 3 heteroatoms. The molecular formula is C20H30N2O. The molecule has 1 aliphatic carbocycles. The molecule has 0 spiro atoms. The summed E-state index contributed by atoms with van der Waals surface area (Å²) in [5.74, 6) is 0.328. The second kappa shape index (κ2) is 7.48. The number of piperidine rings is 1. The minimum atomic E-state index is 0.328. The summed E-state index contributed by atoms with van der Waals surface area (Å²) in [6.45, 7) is 6.82. The molecule has 1 amide bonds. The average Bonchev–Trinajstić information content (AvgIpc) is 3.40. The molecule has 1 saturated heterocycles. The molecular weight excluding hydrogens is 284 g/mol. The lowest BCUT2D eigenvalue weighted by Gasteiger charge is -2.35. The maximum Gasteiger partial charge on any atom is 0.237 e. The zero-order valence-electron chi connectivity index (χ0n) is 14.6. The molecule has 3 nitrogen and oxygen atoms in total. The molecule has 3 rings (SSSR count). The maximum atomic E-state index is 12.7. The van der Waals surface area contributed by atoms with Crippen molar-refractivity contribution in [2.24, 2.45) is 0 Å². The van der Waals surface area contributed by atoms with Crippen molar-refractivity contribution < 1.29 is 4.79 Å². The first kappa shape index (κ1) is 16.5. The van der Waals surface area contributed by atoms with E-state index < -0.39 is 0 Å². The number of rotatable bonds is 6. The fourth-order valence-corrected chi connectivity index (χ4v) is 3.60. The highest BCUT2D eigenvalue weighted by Gasteiger charge is 2.32. The van der Waals surface area contributed by atoms with Gasteiger partial charge in [-0.15, -0.1) is 0 Å². The summed E-state index contributed by atoms with van der Waals surface area (Å²) >= 11 is 0. The van der Waals surface area contributed by atoms with E-state index in [1.807, 2.05) is 0 Å². The third-order valence-electron chi connectivity index (χ3n) is 5.34. The molecule has 126 valence electrons. The van der Waals surface area contributed by atoms with Gasteiger partial charge in [0.15, 0.2) is 0 Å². The molecule has 23 heavy (non-hydrogen) atoms. The van der Waals surface area contributed by atoms with Crippen LogP contribution in [0.5, 0.6) is 0 Å². The van der Waals surface area contributed by atoms with E-state index in [-0.39, 0.29) is 0 Å². The maximum absolute atomic E-state index is 12.7. The summed E-state index contributed by atoms with van der Waals surface area (Å²) in [6.07, 6.45) is 7.16. The van der Waals surface area contributed by atoms with Gasteiger partial charge in [-0.3, -0.25) is 9.69 Å². The predicted molar refractivity (Wildman–Crippen MR) is 94.3 cm³/mol. The lowest BCUT2D eigenvalue weighted by molar-refractivity contribution is -0.136. The number of benzene rings is 1. The third kappa shape index (κ3) is 4.35. The Bertz CT molecular complexity index is 521. The van der Waals surface area contributed by atoms with Crippen LogP contribution in [0.3, 0.4) is 0 Å². The van der Waals surface area contributed by atoms with Crippen molar-refractivity contribution in [1.29, 1.82) is 0 Å². The van der Waals surface area contributed by atoms with E-state index in [0.717, 1.165) is 32.4 Å². The third-order valence-corrected chi connectivity index (χ3v) is 5.34. The topological polar surface area (TPSA) is 23.6 Å². The van der Waals surface area contributed by atoms with Crippen molar-refractivity contribution in [2.45, 2.75) is 71.0 Å². The van der Waals surface area contributed by atoms with Crippen molar-refractivity contribution in [3.63, 3.8) is 0 Å².